The lowest BCUT2D eigenvalue weighted by Crippen LogP contribution is -2.31. The van der Waals surface area contributed by atoms with Gasteiger partial charge >= 0.3 is 0 Å². The van der Waals surface area contributed by atoms with Crippen molar-refractivity contribution in [3.05, 3.63) is 83.2 Å². The summed E-state index contributed by atoms with van der Waals surface area (Å²) < 4.78 is 0. The number of fused-ring (bicyclic) bond motifs is 2. The molecule has 0 radical (unpaired) electrons. The second-order valence-electron chi connectivity index (χ2n) is 9.70. The number of benzene rings is 2. The number of carbonyl (C=O) groups is 2. The lowest BCUT2D eigenvalue weighted by atomic mass is 9.96. The molecule has 0 atom stereocenters. The molecule has 4 aromatic rings. The Morgan fingerprint density at radius 2 is 1.00 bits per heavy atom. The monoisotopic (exact) mass is 538 g/mol. The average molecular weight is 539 g/mol. The van der Waals surface area contributed by atoms with Gasteiger partial charge in [-0.1, -0.05) is 60.0 Å². The van der Waals surface area contributed by atoms with E-state index in [0.717, 1.165) is 0 Å². The molecule has 0 fully saturated rings. The molecule has 8 nitrogen and oxygen atoms in total. The molecule has 0 N–H and O–H groups in total. The first-order valence-corrected chi connectivity index (χ1v) is 13.7. The molecular weight excluding hydrogens is 504 g/mol. The fourth-order valence-electron chi connectivity index (χ4n) is 4.87. The molecule has 2 heterocycles. The summed E-state index contributed by atoms with van der Waals surface area (Å²) in [6.07, 6.45) is 0.520. The van der Waals surface area contributed by atoms with Crippen LogP contribution < -0.4 is 10.2 Å². The Bertz CT molecular complexity index is 1470. The number of aromatic nitrogens is 2. The van der Waals surface area contributed by atoms with Gasteiger partial charge in [0.25, 0.3) is 11.8 Å². The maximum Gasteiger partial charge on any atom is 0.272 e. The van der Waals surface area contributed by atoms with Crippen molar-refractivity contribution in [1.82, 2.24) is 19.8 Å². The molecule has 0 aliphatic heterocycles. The SMILES string of the molecule is C=C(Cc1ccc2ccc(C(=O)N(CC)CC)nc2c1[O-])Cc1ccc2ccc(C(=O)N(CC)CC)nc2c1[O-]. The highest BCUT2D eigenvalue weighted by atomic mass is 16.3. The third kappa shape index (κ3) is 5.61. The number of allylic oxidation sites excluding steroid dienone is 1. The molecule has 208 valence electrons. The average Bonchev–Trinajstić information content (AvgIpc) is 2.97. The quantitative estimate of drug-likeness (QED) is 0.279. The second-order valence-corrected chi connectivity index (χ2v) is 9.70. The van der Waals surface area contributed by atoms with Gasteiger partial charge in [-0.15, -0.1) is 0 Å². The summed E-state index contributed by atoms with van der Waals surface area (Å²) in [6.45, 7) is 13.9. The highest BCUT2D eigenvalue weighted by molar-refractivity contribution is 5.97. The van der Waals surface area contributed by atoms with Crippen LogP contribution in [0.1, 0.15) is 59.8 Å². The number of rotatable bonds is 10. The van der Waals surface area contributed by atoms with Crippen LogP contribution >= 0.6 is 0 Å². The van der Waals surface area contributed by atoms with Crippen LogP contribution in [0.5, 0.6) is 11.5 Å². The van der Waals surface area contributed by atoms with Crippen molar-refractivity contribution in [2.75, 3.05) is 26.2 Å². The summed E-state index contributed by atoms with van der Waals surface area (Å²) in [4.78, 5) is 37.7. The summed E-state index contributed by atoms with van der Waals surface area (Å²) in [5, 5.41) is 27.9. The molecule has 8 heteroatoms. The molecule has 0 unspecified atom stereocenters. The molecule has 0 saturated carbocycles. The molecule has 0 saturated heterocycles. The fourth-order valence-corrected chi connectivity index (χ4v) is 4.87. The van der Waals surface area contributed by atoms with E-state index < -0.39 is 0 Å². The predicted molar refractivity (Wildman–Crippen MR) is 153 cm³/mol. The molecule has 2 aromatic heterocycles. The van der Waals surface area contributed by atoms with E-state index in [1.54, 1.807) is 46.2 Å². The predicted octanol–water partition coefficient (Wildman–Crippen LogP) is 4.24. The van der Waals surface area contributed by atoms with Crippen molar-refractivity contribution in [2.45, 2.75) is 40.5 Å². The molecule has 0 aliphatic carbocycles. The van der Waals surface area contributed by atoms with Gasteiger partial charge in [0.05, 0.1) is 11.0 Å². The van der Waals surface area contributed by atoms with Crippen LogP contribution in [0.2, 0.25) is 0 Å². The lowest BCUT2D eigenvalue weighted by molar-refractivity contribution is -0.267. The van der Waals surface area contributed by atoms with Crippen LogP contribution in [0.15, 0.2) is 60.7 Å². The Morgan fingerprint density at radius 3 is 1.35 bits per heavy atom. The lowest BCUT2D eigenvalue weighted by Gasteiger charge is -2.21. The number of hydrogen-bond donors (Lipinski definition) is 0. The summed E-state index contributed by atoms with van der Waals surface area (Å²) >= 11 is 0. The van der Waals surface area contributed by atoms with E-state index in [2.05, 4.69) is 16.5 Å². The minimum atomic E-state index is -0.255. The van der Waals surface area contributed by atoms with Crippen LogP contribution in [0, 0.1) is 0 Å². The smallest absolute Gasteiger partial charge is 0.272 e. The van der Waals surface area contributed by atoms with Gasteiger partial charge in [0.15, 0.2) is 0 Å². The topological polar surface area (TPSA) is 113 Å². The maximum atomic E-state index is 13.3. The molecule has 0 aliphatic rings. The Morgan fingerprint density at radius 1 is 0.650 bits per heavy atom. The first-order chi connectivity index (χ1) is 19.2. The summed E-state index contributed by atoms with van der Waals surface area (Å²) in [7, 11) is 0. The van der Waals surface area contributed by atoms with Gasteiger partial charge in [-0.3, -0.25) is 9.59 Å². The minimum absolute atomic E-state index is 0.212. The maximum absolute atomic E-state index is 13.3. The Hall–Kier alpha value is -4.46. The third-order valence-electron chi connectivity index (χ3n) is 7.21. The van der Waals surface area contributed by atoms with E-state index in [0.29, 0.717) is 53.7 Å². The summed E-state index contributed by atoms with van der Waals surface area (Å²) in [5.74, 6) is -0.934. The zero-order chi connectivity index (χ0) is 29.0. The number of pyridine rings is 2. The summed E-state index contributed by atoms with van der Waals surface area (Å²) in [5.41, 5.74) is 2.64. The minimum Gasteiger partial charge on any atom is -0.871 e. The van der Waals surface area contributed by atoms with Crippen molar-refractivity contribution < 1.29 is 19.8 Å². The largest absolute Gasteiger partial charge is 0.871 e. The fraction of sp³-hybridized carbons (Fsp3) is 0.312. The van der Waals surface area contributed by atoms with Gasteiger partial charge in [-0.2, -0.15) is 0 Å². The summed E-state index contributed by atoms with van der Waals surface area (Å²) in [6, 6.07) is 13.9. The van der Waals surface area contributed by atoms with Crippen LogP contribution in [0.4, 0.5) is 0 Å². The number of hydrogen-bond acceptors (Lipinski definition) is 6. The van der Waals surface area contributed by atoms with Crippen molar-refractivity contribution in [1.29, 1.82) is 0 Å². The Labute approximate surface area is 234 Å². The van der Waals surface area contributed by atoms with E-state index in [4.69, 9.17) is 0 Å². The van der Waals surface area contributed by atoms with E-state index in [-0.39, 0.29) is 58.6 Å². The van der Waals surface area contributed by atoms with Crippen molar-refractivity contribution >= 4 is 33.6 Å². The van der Waals surface area contributed by atoms with Gasteiger partial charge in [-0.25, -0.2) is 9.97 Å². The second kappa shape index (κ2) is 12.2. The van der Waals surface area contributed by atoms with E-state index in [1.807, 2.05) is 39.8 Å². The van der Waals surface area contributed by atoms with Crippen molar-refractivity contribution in [2.24, 2.45) is 0 Å². The van der Waals surface area contributed by atoms with Gasteiger partial charge in [0.2, 0.25) is 0 Å². The first kappa shape index (κ1) is 28.5. The number of carbonyl (C=O) groups excluding carboxylic acids is 2. The first-order valence-electron chi connectivity index (χ1n) is 13.7. The standard InChI is InChI=1S/C32H36N4O4/c1-6-35(7-2)31(39)25-16-14-21-10-12-23(29(37)27(21)33-25)18-20(5)19-24-13-11-22-15-17-26(34-28(22)30(24)38)32(40)36(8-3)9-4/h10-17,37-38H,5-9,18-19H2,1-4H3/p-2. The van der Waals surface area contributed by atoms with Crippen molar-refractivity contribution in [3.8, 4) is 11.5 Å². The van der Waals surface area contributed by atoms with Crippen LogP contribution in [0.3, 0.4) is 0 Å². The zero-order valence-corrected chi connectivity index (χ0v) is 23.5. The number of amides is 2. The van der Waals surface area contributed by atoms with Crippen LogP contribution in [-0.2, 0) is 12.8 Å². The Balaban J connectivity index is 1.58. The highest BCUT2D eigenvalue weighted by Gasteiger charge is 2.16. The van der Waals surface area contributed by atoms with Gasteiger partial charge in [0.1, 0.15) is 11.4 Å². The van der Waals surface area contributed by atoms with E-state index >= 15 is 0 Å². The van der Waals surface area contributed by atoms with Gasteiger partial charge in [0, 0.05) is 26.2 Å². The van der Waals surface area contributed by atoms with Gasteiger partial charge < -0.3 is 20.0 Å². The molecule has 2 aromatic carbocycles. The molecular formula is C32H34N4O4-2. The Kier molecular flexibility index (Phi) is 8.67. The van der Waals surface area contributed by atoms with Crippen molar-refractivity contribution in [3.63, 3.8) is 0 Å². The molecule has 40 heavy (non-hydrogen) atoms. The molecule has 2 amide bonds. The molecule has 0 spiro atoms. The normalized spacial score (nSPS) is 11.1. The molecule has 0 bridgehead atoms. The molecule has 4 rings (SSSR count). The van der Waals surface area contributed by atoms with E-state index in [9.17, 15) is 19.8 Å². The van der Waals surface area contributed by atoms with Crippen LogP contribution in [-0.4, -0.2) is 57.8 Å². The van der Waals surface area contributed by atoms with Gasteiger partial charge in [-0.05, 0) is 74.6 Å². The van der Waals surface area contributed by atoms with E-state index in [1.165, 1.54) is 0 Å². The highest BCUT2D eigenvalue weighted by Crippen LogP contribution is 2.30. The third-order valence-corrected chi connectivity index (χ3v) is 7.21. The zero-order valence-electron chi connectivity index (χ0n) is 23.5. The number of nitrogens with zero attached hydrogens (tertiary/aromatic N) is 4. The van der Waals surface area contributed by atoms with Crippen LogP contribution in [0.25, 0.3) is 21.8 Å².